The van der Waals surface area contributed by atoms with Crippen LogP contribution in [-0.2, 0) is 11.3 Å². The quantitative estimate of drug-likeness (QED) is 0.446. The van der Waals surface area contributed by atoms with Crippen LogP contribution in [0.5, 0.6) is 5.75 Å². The molecule has 26 heavy (non-hydrogen) atoms. The van der Waals surface area contributed by atoms with Gasteiger partial charge in [0.05, 0.1) is 12.2 Å². The number of phenols is 1. The highest BCUT2D eigenvalue weighted by Gasteiger charge is 2.20. The van der Waals surface area contributed by atoms with Crippen molar-refractivity contribution < 1.29 is 19.4 Å². The van der Waals surface area contributed by atoms with Gasteiger partial charge in [0, 0.05) is 18.3 Å². The molecule has 6 heteroatoms. The third-order valence-electron chi connectivity index (χ3n) is 3.99. The molecule has 0 bridgehead atoms. The second-order valence-electron chi connectivity index (χ2n) is 5.91. The summed E-state index contributed by atoms with van der Waals surface area (Å²) in [5.74, 6) is -1.37. The first-order valence-corrected chi connectivity index (χ1v) is 8.73. The van der Waals surface area contributed by atoms with Gasteiger partial charge in [-0.05, 0) is 31.5 Å². The molecule has 138 valence electrons. The van der Waals surface area contributed by atoms with E-state index < -0.39 is 17.3 Å². The zero-order chi connectivity index (χ0) is 19.1. The van der Waals surface area contributed by atoms with Gasteiger partial charge in [-0.15, -0.1) is 0 Å². The molecule has 0 saturated heterocycles. The van der Waals surface area contributed by atoms with Crippen molar-refractivity contribution in [2.75, 3.05) is 6.61 Å². The summed E-state index contributed by atoms with van der Waals surface area (Å²) in [6.07, 6.45) is 4.11. The molecule has 0 saturated carbocycles. The monoisotopic (exact) mass is 357 g/mol. The molecule has 0 spiro atoms. The Morgan fingerprint density at radius 2 is 1.85 bits per heavy atom. The molecule has 0 aliphatic rings. The fourth-order valence-electron chi connectivity index (χ4n) is 2.63. The molecule has 0 fully saturated rings. The number of ketones is 1. The van der Waals surface area contributed by atoms with Gasteiger partial charge in [0.25, 0.3) is 5.56 Å². The van der Waals surface area contributed by atoms with Gasteiger partial charge in [-0.1, -0.05) is 31.9 Å². The molecule has 0 unspecified atom stereocenters. The van der Waals surface area contributed by atoms with Gasteiger partial charge >= 0.3 is 5.97 Å². The van der Waals surface area contributed by atoms with E-state index in [1.54, 1.807) is 19.1 Å². The van der Waals surface area contributed by atoms with E-state index in [9.17, 15) is 19.5 Å². The van der Waals surface area contributed by atoms with E-state index in [0.29, 0.717) is 6.54 Å². The number of unbranched alkanes of at least 4 members (excludes halogenated alkanes) is 2. The molecule has 0 aliphatic carbocycles. The lowest BCUT2D eigenvalue weighted by atomic mass is 10.0. The van der Waals surface area contributed by atoms with Gasteiger partial charge in [0.2, 0.25) is 0 Å². The summed E-state index contributed by atoms with van der Waals surface area (Å²) in [4.78, 5) is 37.5. The van der Waals surface area contributed by atoms with Gasteiger partial charge in [0.15, 0.2) is 5.78 Å². The number of ether oxygens (including phenoxy) is 1. The maximum Gasteiger partial charge on any atom is 0.343 e. The predicted molar refractivity (Wildman–Crippen MR) is 97.7 cm³/mol. The third kappa shape index (κ3) is 4.39. The highest BCUT2D eigenvalue weighted by Crippen LogP contribution is 2.20. The Hall–Kier alpha value is -2.89. The number of rotatable bonds is 8. The summed E-state index contributed by atoms with van der Waals surface area (Å²) in [5.41, 5.74) is -0.385. The number of carbonyl (C=O) groups is 2. The Morgan fingerprint density at radius 1 is 1.12 bits per heavy atom. The Bertz CT molecular complexity index is 854. The van der Waals surface area contributed by atoms with Gasteiger partial charge in [-0.25, -0.2) is 4.79 Å². The number of esters is 1. The summed E-state index contributed by atoms with van der Waals surface area (Å²) < 4.78 is 6.31. The molecule has 1 N–H and O–H groups in total. The zero-order valence-corrected chi connectivity index (χ0v) is 15.0. The van der Waals surface area contributed by atoms with E-state index in [4.69, 9.17) is 4.74 Å². The third-order valence-corrected chi connectivity index (χ3v) is 3.99. The minimum Gasteiger partial charge on any atom is -0.507 e. The molecule has 2 aromatic rings. The smallest absolute Gasteiger partial charge is 0.343 e. The van der Waals surface area contributed by atoms with Gasteiger partial charge in [-0.2, -0.15) is 0 Å². The summed E-state index contributed by atoms with van der Waals surface area (Å²) in [6, 6.07) is 7.40. The fraction of sp³-hybridized carbons (Fsp3) is 0.350. The molecule has 0 radical (unpaired) electrons. The first kappa shape index (κ1) is 19.4. The largest absolute Gasteiger partial charge is 0.507 e. The van der Waals surface area contributed by atoms with E-state index in [1.807, 2.05) is 6.92 Å². The van der Waals surface area contributed by atoms with E-state index in [0.717, 1.165) is 19.3 Å². The van der Waals surface area contributed by atoms with Crippen LogP contribution in [0, 0.1) is 0 Å². The topological polar surface area (TPSA) is 85.6 Å². The first-order valence-electron chi connectivity index (χ1n) is 8.73. The summed E-state index contributed by atoms with van der Waals surface area (Å²) in [6.45, 7) is 4.23. The molecular weight excluding hydrogens is 334 g/mol. The molecule has 0 aliphatic heterocycles. The average Bonchev–Trinajstić information content (AvgIpc) is 2.63. The van der Waals surface area contributed by atoms with Crippen LogP contribution in [0.2, 0.25) is 0 Å². The molecule has 1 aromatic heterocycles. The van der Waals surface area contributed by atoms with Crippen molar-refractivity contribution in [3.63, 3.8) is 0 Å². The number of phenolic OH excluding ortho intramolecular Hbond substituents is 1. The van der Waals surface area contributed by atoms with Crippen LogP contribution < -0.4 is 5.56 Å². The number of pyridine rings is 1. The minimum atomic E-state index is -0.756. The fourth-order valence-corrected chi connectivity index (χ4v) is 2.63. The lowest BCUT2D eigenvalue weighted by molar-refractivity contribution is 0.0523. The summed E-state index contributed by atoms with van der Waals surface area (Å²) in [5, 5.41) is 9.92. The van der Waals surface area contributed by atoms with Crippen LogP contribution in [0.25, 0.3) is 0 Å². The number of hydrogen-bond acceptors (Lipinski definition) is 5. The summed E-state index contributed by atoms with van der Waals surface area (Å²) in [7, 11) is 0. The lowest BCUT2D eigenvalue weighted by Gasteiger charge is -2.11. The SMILES string of the molecule is CCCCCn1cc(C(=O)c2ccccc2O)cc(C(=O)OCC)c1=O. The molecular formula is C20H23NO5. The van der Waals surface area contributed by atoms with Crippen molar-refractivity contribution in [3.8, 4) is 5.75 Å². The van der Waals surface area contributed by atoms with Crippen LogP contribution in [0.4, 0.5) is 0 Å². The van der Waals surface area contributed by atoms with E-state index in [2.05, 4.69) is 0 Å². The molecule has 1 heterocycles. The van der Waals surface area contributed by atoms with E-state index in [-0.39, 0.29) is 29.0 Å². The second kappa shape index (κ2) is 8.99. The number of benzene rings is 1. The van der Waals surface area contributed by atoms with Crippen molar-refractivity contribution in [3.05, 3.63) is 63.6 Å². The molecule has 6 nitrogen and oxygen atoms in total. The summed E-state index contributed by atoms with van der Waals surface area (Å²) >= 11 is 0. The van der Waals surface area contributed by atoms with E-state index >= 15 is 0 Å². The first-order chi connectivity index (χ1) is 12.5. The molecule has 1 aromatic carbocycles. The van der Waals surface area contributed by atoms with Crippen LogP contribution in [0.1, 0.15) is 59.4 Å². The van der Waals surface area contributed by atoms with Crippen molar-refractivity contribution in [1.29, 1.82) is 0 Å². The Morgan fingerprint density at radius 3 is 2.50 bits per heavy atom. The Balaban J connectivity index is 2.51. The van der Waals surface area contributed by atoms with Gasteiger partial charge in [-0.3, -0.25) is 9.59 Å². The van der Waals surface area contributed by atoms with Crippen molar-refractivity contribution in [2.24, 2.45) is 0 Å². The van der Waals surface area contributed by atoms with Gasteiger partial charge < -0.3 is 14.4 Å². The van der Waals surface area contributed by atoms with Gasteiger partial charge in [0.1, 0.15) is 11.3 Å². The number of aromatic nitrogens is 1. The number of hydrogen-bond donors (Lipinski definition) is 1. The lowest BCUT2D eigenvalue weighted by Crippen LogP contribution is -2.28. The maximum atomic E-state index is 12.8. The van der Waals surface area contributed by atoms with Crippen LogP contribution in [-0.4, -0.2) is 28.0 Å². The van der Waals surface area contributed by atoms with Crippen LogP contribution in [0.15, 0.2) is 41.3 Å². The average molecular weight is 357 g/mol. The van der Waals surface area contributed by atoms with Crippen molar-refractivity contribution in [1.82, 2.24) is 4.57 Å². The molecule has 0 amide bonds. The second-order valence-corrected chi connectivity index (χ2v) is 5.91. The number of aromatic hydroxyl groups is 1. The van der Waals surface area contributed by atoms with E-state index in [1.165, 1.54) is 29.0 Å². The Labute approximate surface area is 152 Å². The number of carbonyl (C=O) groups excluding carboxylic acids is 2. The highest BCUT2D eigenvalue weighted by molar-refractivity contribution is 6.11. The van der Waals surface area contributed by atoms with Crippen LogP contribution in [0.3, 0.4) is 0 Å². The maximum absolute atomic E-state index is 12.8. The highest BCUT2D eigenvalue weighted by atomic mass is 16.5. The zero-order valence-electron chi connectivity index (χ0n) is 15.0. The predicted octanol–water partition coefficient (Wildman–Crippen LogP) is 3.15. The minimum absolute atomic E-state index is 0.112. The normalized spacial score (nSPS) is 10.5. The van der Waals surface area contributed by atoms with Crippen molar-refractivity contribution in [2.45, 2.75) is 39.7 Å². The van der Waals surface area contributed by atoms with Crippen LogP contribution >= 0.6 is 0 Å². The number of aryl methyl sites for hydroxylation is 1. The van der Waals surface area contributed by atoms with Crippen molar-refractivity contribution >= 4 is 11.8 Å². The molecule has 0 atom stereocenters. The molecule has 2 rings (SSSR count). The number of para-hydroxylation sites is 1. The standard InChI is InChI=1S/C20H23NO5/c1-3-5-8-11-21-13-14(12-16(19(21)24)20(25)26-4-2)18(23)15-9-6-7-10-17(15)22/h6-7,9-10,12-13,22H,3-5,8,11H2,1-2H3. The Kier molecular flexibility index (Phi) is 6.72. The number of nitrogens with zero attached hydrogens (tertiary/aromatic N) is 1.